The molecule has 12 aromatic rings. The molecule has 12 heterocycles. The van der Waals surface area contributed by atoms with Crippen LogP contribution >= 0.6 is 0 Å². The standard InChI is InChI=1S/2C23H19N3O2.2C22H19N3O/c27-20-9-8-18-21(25-23(28)15-5-2-1-3-6-15)19(17-7-4-11-24-14-17)13-16-10-12-26(20)22(16)18;27-20-9-8-16-13-19(17-7-4-11-24-14-17)21(18-10-12-26(20)22(16)18)25-23(28)15-5-2-1-3-6-15;26-20-9-8-18-21(24-17-6-2-1-3-7-17)19(16-5-4-11-23-14-16)13-15-10-12-25(20)22(15)18;26-20-9-8-15-13-19(16-5-4-11-23-14-16)21(18-10-12-25(20)22(15)18)24-17-6-2-1-3-7-17/h2*1-7,11,13-14H,8-10,12H2,(H,25,28);2*1-7,11,13-14,24H,8-10,12H2. The molecule has 20 rings (SSSR count). The zero-order valence-electron chi connectivity index (χ0n) is 59.4. The van der Waals surface area contributed by atoms with Crippen LogP contribution in [0.15, 0.2) is 244 Å². The molecule has 108 heavy (non-hydrogen) atoms. The van der Waals surface area contributed by atoms with Gasteiger partial charge in [0.2, 0.25) is 23.6 Å². The maximum Gasteiger partial charge on any atom is 0.255 e. The van der Waals surface area contributed by atoms with Crippen LogP contribution in [-0.4, -0.2) is 81.6 Å². The Kier molecular flexibility index (Phi) is 18.7. The molecule has 0 bridgehead atoms. The molecule has 0 aliphatic carbocycles. The van der Waals surface area contributed by atoms with E-state index in [-0.39, 0.29) is 35.4 Å². The molecule has 0 saturated carbocycles. The quantitative estimate of drug-likeness (QED) is 0.0899. The van der Waals surface area contributed by atoms with Crippen molar-refractivity contribution in [3.8, 4) is 44.5 Å². The zero-order chi connectivity index (χ0) is 73.2. The third-order valence-electron chi connectivity index (χ3n) is 21.5. The average molecular weight is 1420 g/mol. The van der Waals surface area contributed by atoms with E-state index in [2.05, 4.69) is 102 Å². The topological polar surface area (TPSA) is 215 Å². The fraction of sp³-hybridized carbons (Fsp3) is 0.178. The summed E-state index contributed by atoms with van der Waals surface area (Å²) < 4.78 is 0. The molecule has 0 unspecified atom stereocenters. The van der Waals surface area contributed by atoms with Gasteiger partial charge in [0.25, 0.3) is 11.8 Å². The molecule has 0 fully saturated rings. The predicted molar refractivity (Wildman–Crippen MR) is 424 cm³/mol. The number of carbonyl (C=O) groups is 6. The van der Waals surface area contributed by atoms with Crippen LogP contribution in [0.1, 0.15) is 90.9 Å². The summed E-state index contributed by atoms with van der Waals surface area (Å²) in [5.74, 6) is 0.527. The Balaban J connectivity index is 0.000000106. The van der Waals surface area contributed by atoms with E-state index < -0.39 is 0 Å². The van der Waals surface area contributed by atoms with E-state index in [4.69, 9.17) is 0 Å². The monoisotopic (exact) mass is 1420 g/mol. The maximum absolute atomic E-state index is 12.9. The maximum atomic E-state index is 12.9. The molecule has 0 atom stereocenters. The van der Waals surface area contributed by atoms with Crippen molar-refractivity contribution in [2.75, 3.05) is 67.0 Å². The summed E-state index contributed by atoms with van der Waals surface area (Å²) >= 11 is 0. The van der Waals surface area contributed by atoms with Gasteiger partial charge < -0.3 is 40.9 Å². The summed E-state index contributed by atoms with van der Waals surface area (Å²) in [5, 5.41) is 13.5. The minimum atomic E-state index is -0.150. The lowest BCUT2D eigenvalue weighted by molar-refractivity contribution is -0.119. The summed E-state index contributed by atoms with van der Waals surface area (Å²) in [4.78, 5) is 100. The number of carbonyl (C=O) groups excluding carboxylic acids is 6. The number of benzene rings is 8. The summed E-state index contributed by atoms with van der Waals surface area (Å²) in [5.41, 5.74) is 29.2. The van der Waals surface area contributed by atoms with Gasteiger partial charge in [-0.3, -0.25) is 48.7 Å². The number of hydrogen-bond acceptors (Lipinski definition) is 12. The first kappa shape index (κ1) is 67.9. The Morgan fingerprint density at radius 3 is 0.898 bits per heavy atom. The first-order valence-electron chi connectivity index (χ1n) is 37.0. The highest BCUT2D eigenvalue weighted by Crippen LogP contribution is 2.51. The van der Waals surface area contributed by atoms with Gasteiger partial charge >= 0.3 is 0 Å². The van der Waals surface area contributed by atoms with Crippen molar-refractivity contribution in [2.24, 2.45) is 0 Å². The van der Waals surface area contributed by atoms with Gasteiger partial charge in [0, 0.05) is 191 Å². The van der Waals surface area contributed by atoms with Crippen LogP contribution in [0, 0.1) is 0 Å². The van der Waals surface area contributed by atoms with Crippen LogP contribution in [-0.2, 0) is 70.5 Å². The molecule has 18 nitrogen and oxygen atoms in total. The van der Waals surface area contributed by atoms with Crippen molar-refractivity contribution in [2.45, 2.75) is 77.0 Å². The Bertz CT molecular complexity index is 5400. The van der Waals surface area contributed by atoms with Crippen molar-refractivity contribution < 1.29 is 28.8 Å². The van der Waals surface area contributed by atoms with Crippen molar-refractivity contribution >= 4 is 92.3 Å². The van der Waals surface area contributed by atoms with Gasteiger partial charge in [-0.1, -0.05) is 97.1 Å². The molecule has 4 N–H and O–H groups in total. The molecule has 8 aliphatic heterocycles. The summed E-state index contributed by atoms with van der Waals surface area (Å²) in [6.45, 7) is 2.96. The van der Waals surface area contributed by atoms with E-state index in [1.165, 1.54) is 33.4 Å². The number of hydrogen-bond donors (Lipinski definition) is 4. The van der Waals surface area contributed by atoms with Crippen molar-refractivity contribution in [1.82, 2.24) is 19.9 Å². The molecule has 532 valence electrons. The molecular weight excluding hydrogens is 1350 g/mol. The van der Waals surface area contributed by atoms with E-state index in [1.807, 2.05) is 154 Å². The first-order chi connectivity index (χ1) is 53.1. The molecular formula is C90H76N12O6. The SMILES string of the molecule is O=C(Nc1c(-c2cccnc2)cc2c3c1CCC(=O)N3CC2)c1ccccc1.O=C(Nc1c(-c2cccnc2)cc2c3c1CCN3C(=O)CC2)c1ccccc1.O=C1CCc2c(Nc3ccccc3)c(-c3cccnc3)cc3c2N1CC3.O=C1CCc2cc(-c3cccnc3)c(Nc3ccccc3)c3c2N1CC3. The fourth-order valence-corrected chi connectivity index (χ4v) is 16.5. The predicted octanol–water partition coefficient (Wildman–Crippen LogP) is 16.3. The lowest BCUT2D eigenvalue weighted by atomic mass is 9.91. The second-order valence-corrected chi connectivity index (χ2v) is 27.9. The minimum Gasteiger partial charge on any atom is -0.355 e. The number of rotatable bonds is 12. The first-order valence-corrected chi connectivity index (χ1v) is 37.0. The largest absolute Gasteiger partial charge is 0.355 e. The van der Waals surface area contributed by atoms with Gasteiger partial charge in [0.1, 0.15) is 0 Å². The second kappa shape index (κ2) is 29.7. The molecule has 6 amide bonds. The highest BCUT2D eigenvalue weighted by Gasteiger charge is 2.39. The lowest BCUT2D eigenvalue weighted by Crippen LogP contribution is -2.33. The number of nitrogens with one attached hydrogen (secondary N) is 4. The summed E-state index contributed by atoms with van der Waals surface area (Å²) in [6.07, 6.45) is 23.1. The number of para-hydroxylation sites is 2. The van der Waals surface area contributed by atoms with Crippen LogP contribution in [0.25, 0.3) is 44.5 Å². The number of amides is 6. The molecule has 0 saturated heterocycles. The van der Waals surface area contributed by atoms with Crippen LogP contribution < -0.4 is 40.9 Å². The summed E-state index contributed by atoms with van der Waals surface area (Å²) in [7, 11) is 0. The molecule has 8 aromatic carbocycles. The Morgan fingerprint density at radius 1 is 0.287 bits per heavy atom. The number of aromatic nitrogens is 4. The average Bonchev–Trinajstić information content (AvgIpc) is 1.58. The zero-order valence-corrected chi connectivity index (χ0v) is 59.4. The van der Waals surface area contributed by atoms with Crippen molar-refractivity contribution in [3.05, 3.63) is 299 Å². The Hall–Kier alpha value is -13.2. The molecule has 4 aromatic heterocycles. The van der Waals surface area contributed by atoms with E-state index in [9.17, 15) is 28.8 Å². The third-order valence-corrected chi connectivity index (χ3v) is 21.5. The van der Waals surface area contributed by atoms with Gasteiger partial charge in [-0.2, -0.15) is 0 Å². The molecule has 8 aliphatic rings. The Morgan fingerprint density at radius 2 is 0.565 bits per heavy atom. The van der Waals surface area contributed by atoms with Gasteiger partial charge in [0.15, 0.2) is 0 Å². The summed E-state index contributed by atoms with van der Waals surface area (Å²) in [6, 6.07) is 63.4. The highest BCUT2D eigenvalue weighted by molar-refractivity contribution is 6.12. The molecule has 18 heteroatoms. The van der Waals surface area contributed by atoms with Crippen LogP contribution in [0.3, 0.4) is 0 Å². The lowest BCUT2D eigenvalue weighted by Gasteiger charge is -2.29. The second-order valence-electron chi connectivity index (χ2n) is 27.9. The number of aryl methyl sites for hydroxylation is 2. The highest BCUT2D eigenvalue weighted by atomic mass is 16.2. The van der Waals surface area contributed by atoms with Gasteiger partial charge in [-0.15, -0.1) is 0 Å². The van der Waals surface area contributed by atoms with E-state index >= 15 is 0 Å². The van der Waals surface area contributed by atoms with Crippen molar-refractivity contribution in [1.29, 1.82) is 0 Å². The number of pyridine rings is 4. The fourth-order valence-electron chi connectivity index (χ4n) is 16.5. The minimum absolute atomic E-state index is 0.150. The normalized spacial score (nSPS) is 14.9. The smallest absolute Gasteiger partial charge is 0.255 e. The van der Waals surface area contributed by atoms with E-state index in [0.29, 0.717) is 56.3 Å². The van der Waals surface area contributed by atoms with Crippen molar-refractivity contribution in [3.63, 3.8) is 0 Å². The number of anilines is 10. The van der Waals surface area contributed by atoms with Crippen LogP contribution in [0.4, 0.5) is 56.9 Å². The molecule has 0 radical (unpaired) electrons. The molecule has 0 spiro atoms. The van der Waals surface area contributed by atoms with Gasteiger partial charge in [-0.05, 0) is 171 Å². The third kappa shape index (κ3) is 13.3. The van der Waals surface area contributed by atoms with Gasteiger partial charge in [0.05, 0.1) is 45.5 Å². The Labute approximate surface area is 625 Å². The van der Waals surface area contributed by atoms with Gasteiger partial charge in [-0.25, -0.2) is 0 Å². The van der Waals surface area contributed by atoms with Crippen LogP contribution in [0.5, 0.6) is 0 Å². The van der Waals surface area contributed by atoms with Crippen LogP contribution in [0.2, 0.25) is 0 Å². The van der Waals surface area contributed by atoms with E-state index in [1.54, 1.807) is 49.1 Å². The van der Waals surface area contributed by atoms with E-state index in [0.717, 1.165) is 171 Å². The number of nitrogens with zero attached hydrogens (tertiary/aromatic N) is 8.